The molecule has 5 nitrogen and oxygen atoms in total. The molecule has 0 heterocycles. The van der Waals surface area contributed by atoms with Crippen LogP contribution in [-0.4, -0.2) is 49.1 Å². The fourth-order valence-electron chi connectivity index (χ4n) is 0.404. The van der Waals surface area contributed by atoms with E-state index >= 15 is 0 Å². The average Bonchev–Trinajstić information content (AvgIpc) is 1.60. The van der Waals surface area contributed by atoms with E-state index in [4.69, 9.17) is 5.11 Å². The van der Waals surface area contributed by atoms with E-state index in [1.807, 2.05) is 0 Å². The summed E-state index contributed by atoms with van der Waals surface area (Å²) in [4.78, 5) is 1.42. The summed E-state index contributed by atoms with van der Waals surface area (Å²) in [6.07, 6.45) is 0. The topological polar surface area (TPSA) is 80.7 Å². The smallest absolute Gasteiger partial charge is 0.746 e. The Kier molecular flexibility index (Phi) is 7.14. The number of hydrogen-bond acceptors (Lipinski definition) is 5. The molecule has 7 heteroatoms. The molecule has 62 valence electrons. The Balaban J connectivity index is 0. The third-order valence-corrected chi connectivity index (χ3v) is 1.67. The Morgan fingerprint density at radius 1 is 1.55 bits per heavy atom. The van der Waals surface area contributed by atoms with Crippen LogP contribution >= 0.6 is 0 Å². The van der Waals surface area contributed by atoms with Crippen LogP contribution in [0.15, 0.2) is 0 Å². The SMILES string of the molecule is CN(C)CC(O)S(=O)(=O)[O-].[Na+]. The normalized spacial score (nSPS) is 14.3. The molecule has 0 amide bonds. The first-order valence-corrected chi connectivity index (χ1v) is 4.08. The minimum Gasteiger partial charge on any atom is -0.746 e. The van der Waals surface area contributed by atoms with Crippen LogP contribution in [0.25, 0.3) is 0 Å². The van der Waals surface area contributed by atoms with Gasteiger partial charge in [-0.2, -0.15) is 0 Å². The van der Waals surface area contributed by atoms with Crippen LogP contribution in [-0.2, 0) is 10.1 Å². The van der Waals surface area contributed by atoms with Crippen LogP contribution in [0.2, 0.25) is 0 Å². The number of aliphatic hydroxyl groups is 1. The van der Waals surface area contributed by atoms with Gasteiger partial charge in [-0.15, -0.1) is 0 Å². The maximum absolute atomic E-state index is 10.0. The molecular formula is C4H10NNaO4S. The minimum absolute atomic E-state index is 0. The predicted molar refractivity (Wildman–Crippen MR) is 34.3 cm³/mol. The first-order valence-electron chi connectivity index (χ1n) is 2.61. The molecular weight excluding hydrogens is 181 g/mol. The fraction of sp³-hybridized carbons (Fsp3) is 1.00. The van der Waals surface area contributed by atoms with Gasteiger partial charge in [-0.1, -0.05) is 0 Å². The largest absolute Gasteiger partial charge is 1.00 e. The molecule has 0 aromatic heterocycles. The zero-order valence-corrected chi connectivity index (χ0v) is 9.63. The van der Waals surface area contributed by atoms with E-state index in [1.165, 1.54) is 4.90 Å². The van der Waals surface area contributed by atoms with Crippen molar-refractivity contribution in [1.82, 2.24) is 4.90 Å². The summed E-state index contributed by atoms with van der Waals surface area (Å²) in [5.74, 6) is 0. The number of rotatable bonds is 3. The second kappa shape index (κ2) is 5.47. The third kappa shape index (κ3) is 7.20. The standard InChI is InChI=1S/C4H11NO4S.Na/c1-5(2)3-4(6)10(7,8)9;/h4,6H,3H2,1-2H3,(H,7,8,9);/q;+1/p-1. The molecule has 11 heavy (non-hydrogen) atoms. The van der Waals surface area contributed by atoms with Crippen LogP contribution < -0.4 is 29.6 Å². The molecule has 1 N–H and O–H groups in total. The molecule has 0 bridgehead atoms. The van der Waals surface area contributed by atoms with Gasteiger partial charge in [0.25, 0.3) is 0 Å². The van der Waals surface area contributed by atoms with Crippen LogP contribution in [0.5, 0.6) is 0 Å². The van der Waals surface area contributed by atoms with Gasteiger partial charge in [-0.3, -0.25) is 0 Å². The van der Waals surface area contributed by atoms with Crippen molar-refractivity contribution in [1.29, 1.82) is 0 Å². The van der Waals surface area contributed by atoms with Gasteiger partial charge in [0.1, 0.15) is 10.1 Å². The van der Waals surface area contributed by atoms with Crippen molar-refractivity contribution in [2.75, 3.05) is 20.6 Å². The average molecular weight is 191 g/mol. The summed E-state index contributed by atoms with van der Waals surface area (Å²) < 4.78 is 30.1. The number of likely N-dealkylation sites (N-methyl/N-ethyl adjacent to an activating group) is 1. The summed E-state index contributed by atoms with van der Waals surface area (Å²) in [7, 11) is -1.41. The molecule has 0 rings (SSSR count). The van der Waals surface area contributed by atoms with E-state index < -0.39 is 15.6 Å². The van der Waals surface area contributed by atoms with Gasteiger partial charge in [0.2, 0.25) is 0 Å². The van der Waals surface area contributed by atoms with Crippen molar-refractivity contribution in [3.05, 3.63) is 0 Å². The summed E-state index contributed by atoms with van der Waals surface area (Å²) in [5, 5.41) is 8.61. The predicted octanol–water partition coefficient (Wildman–Crippen LogP) is -4.58. The maximum atomic E-state index is 10.0. The van der Waals surface area contributed by atoms with Crippen LogP contribution in [0.1, 0.15) is 0 Å². The molecule has 1 unspecified atom stereocenters. The van der Waals surface area contributed by atoms with Gasteiger partial charge >= 0.3 is 29.6 Å². The number of aliphatic hydroxyl groups excluding tert-OH is 1. The summed E-state index contributed by atoms with van der Waals surface area (Å²) in [5.41, 5.74) is -1.82. The van der Waals surface area contributed by atoms with Crippen LogP contribution in [0, 0.1) is 0 Å². The van der Waals surface area contributed by atoms with Crippen molar-refractivity contribution in [2.24, 2.45) is 0 Å². The van der Waals surface area contributed by atoms with Crippen molar-refractivity contribution < 1.29 is 47.6 Å². The molecule has 1 atom stereocenters. The number of nitrogens with zero attached hydrogens (tertiary/aromatic N) is 1. The molecule has 0 spiro atoms. The van der Waals surface area contributed by atoms with Crippen LogP contribution in [0.4, 0.5) is 0 Å². The fourth-order valence-corrected chi connectivity index (χ4v) is 0.884. The summed E-state index contributed by atoms with van der Waals surface area (Å²) in [6, 6.07) is 0. The van der Waals surface area contributed by atoms with Crippen LogP contribution in [0.3, 0.4) is 0 Å². The Morgan fingerprint density at radius 2 is 1.91 bits per heavy atom. The summed E-state index contributed by atoms with van der Waals surface area (Å²) in [6.45, 7) is -0.161. The van der Waals surface area contributed by atoms with Gasteiger partial charge in [-0.05, 0) is 14.1 Å². The Hall–Kier alpha value is 0.830. The third-order valence-electron chi connectivity index (χ3n) is 0.855. The van der Waals surface area contributed by atoms with Gasteiger partial charge in [-0.25, -0.2) is 8.42 Å². The van der Waals surface area contributed by atoms with E-state index in [0.29, 0.717) is 0 Å². The second-order valence-corrected chi connectivity index (χ2v) is 3.74. The van der Waals surface area contributed by atoms with Gasteiger partial charge < -0.3 is 14.6 Å². The first kappa shape index (κ1) is 14.4. The van der Waals surface area contributed by atoms with Gasteiger partial charge in [0, 0.05) is 6.54 Å². The molecule has 0 fully saturated rings. The minimum atomic E-state index is -4.53. The Bertz CT molecular complexity index is 190. The molecule has 0 saturated carbocycles. The molecule has 0 aliphatic carbocycles. The van der Waals surface area contributed by atoms with E-state index in [1.54, 1.807) is 14.1 Å². The van der Waals surface area contributed by atoms with Crippen molar-refractivity contribution in [3.8, 4) is 0 Å². The zero-order valence-electron chi connectivity index (χ0n) is 6.81. The molecule has 0 aromatic carbocycles. The Labute approximate surface area is 88.4 Å². The quantitative estimate of drug-likeness (QED) is 0.359. The van der Waals surface area contributed by atoms with Gasteiger partial charge in [0.05, 0.1) is 0 Å². The second-order valence-electron chi connectivity index (χ2n) is 2.21. The van der Waals surface area contributed by atoms with E-state index in [0.717, 1.165) is 0 Å². The molecule has 0 aliphatic heterocycles. The maximum Gasteiger partial charge on any atom is 1.00 e. The van der Waals surface area contributed by atoms with Crippen molar-refractivity contribution in [3.63, 3.8) is 0 Å². The molecule has 0 saturated heterocycles. The van der Waals surface area contributed by atoms with E-state index in [2.05, 4.69) is 0 Å². The van der Waals surface area contributed by atoms with Crippen molar-refractivity contribution in [2.45, 2.75) is 5.44 Å². The monoisotopic (exact) mass is 191 g/mol. The summed E-state index contributed by atoms with van der Waals surface area (Å²) >= 11 is 0. The van der Waals surface area contributed by atoms with E-state index in [9.17, 15) is 13.0 Å². The van der Waals surface area contributed by atoms with Gasteiger partial charge in [0.15, 0.2) is 5.44 Å². The number of hydrogen-bond donors (Lipinski definition) is 1. The van der Waals surface area contributed by atoms with E-state index in [-0.39, 0.29) is 36.1 Å². The zero-order chi connectivity index (χ0) is 8.36. The first-order chi connectivity index (χ1) is 4.34. The Morgan fingerprint density at radius 3 is 2.00 bits per heavy atom. The molecule has 0 aliphatic rings. The molecule has 0 radical (unpaired) electrons. The molecule has 0 aromatic rings. The van der Waals surface area contributed by atoms with Crippen molar-refractivity contribution >= 4 is 10.1 Å².